The second-order valence-electron chi connectivity index (χ2n) is 4.00. The van der Waals surface area contributed by atoms with E-state index in [-0.39, 0.29) is 12.5 Å². The topological polar surface area (TPSA) is 58.4 Å². The Morgan fingerprint density at radius 1 is 1.60 bits per heavy atom. The fraction of sp³-hybridized carbons (Fsp3) is 0.600. The zero-order valence-corrected chi connectivity index (χ0v) is 9.56. The first kappa shape index (κ1) is 11.6. The summed E-state index contributed by atoms with van der Waals surface area (Å²) in [4.78, 5) is 12.5. The molecule has 1 heterocycles. The van der Waals surface area contributed by atoms with Gasteiger partial charge in [-0.25, -0.2) is 4.68 Å². The lowest BCUT2D eigenvalue weighted by atomic mass is 10.3. The minimum Gasteiger partial charge on any atom is -0.481 e. The van der Waals surface area contributed by atoms with Crippen LogP contribution in [-0.2, 0) is 11.2 Å². The quantitative estimate of drug-likeness (QED) is 0.811. The first-order valence-corrected chi connectivity index (χ1v) is 4.89. The molecule has 5 heteroatoms. The van der Waals surface area contributed by atoms with Gasteiger partial charge in [-0.15, -0.1) is 0 Å². The van der Waals surface area contributed by atoms with Crippen molar-refractivity contribution in [2.24, 2.45) is 0 Å². The monoisotopic (exact) mass is 211 g/mol. The van der Waals surface area contributed by atoms with Crippen molar-refractivity contribution in [1.82, 2.24) is 9.78 Å². The van der Waals surface area contributed by atoms with Gasteiger partial charge in [0.1, 0.15) is 5.82 Å². The number of hydrogen-bond acceptors (Lipinski definition) is 3. The van der Waals surface area contributed by atoms with Crippen molar-refractivity contribution >= 4 is 11.8 Å². The number of hydrogen-bond donors (Lipinski definition) is 1. The molecular weight excluding hydrogens is 194 g/mol. The summed E-state index contributed by atoms with van der Waals surface area (Å²) in [7, 11) is 3.83. The van der Waals surface area contributed by atoms with Gasteiger partial charge in [0.25, 0.3) is 0 Å². The molecule has 1 rings (SSSR count). The maximum atomic E-state index is 10.6. The van der Waals surface area contributed by atoms with Crippen LogP contribution in [0.5, 0.6) is 0 Å². The molecule has 0 spiro atoms. The minimum atomic E-state index is -0.853. The molecule has 0 unspecified atom stereocenters. The second-order valence-corrected chi connectivity index (χ2v) is 4.00. The van der Waals surface area contributed by atoms with E-state index in [0.29, 0.717) is 5.69 Å². The highest BCUT2D eigenvalue weighted by Gasteiger charge is 2.13. The van der Waals surface area contributed by atoms with E-state index >= 15 is 0 Å². The van der Waals surface area contributed by atoms with Gasteiger partial charge in [0, 0.05) is 26.2 Å². The van der Waals surface area contributed by atoms with Gasteiger partial charge in [-0.3, -0.25) is 4.79 Å². The molecule has 0 fully saturated rings. The van der Waals surface area contributed by atoms with E-state index in [1.807, 2.05) is 43.6 Å². The molecule has 84 valence electrons. The highest BCUT2D eigenvalue weighted by Crippen LogP contribution is 2.18. The van der Waals surface area contributed by atoms with Gasteiger partial charge < -0.3 is 10.0 Å². The molecule has 1 aromatic rings. The van der Waals surface area contributed by atoms with Crippen molar-refractivity contribution in [3.63, 3.8) is 0 Å². The highest BCUT2D eigenvalue weighted by atomic mass is 16.4. The molecule has 1 N–H and O–H groups in total. The predicted molar refractivity (Wildman–Crippen MR) is 58.3 cm³/mol. The maximum absolute atomic E-state index is 10.6. The summed E-state index contributed by atoms with van der Waals surface area (Å²) in [5.41, 5.74) is 0.597. The first-order valence-electron chi connectivity index (χ1n) is 4.89. The van der Waals surface area contributed by atoms with Gasteiger partial charge in [-0.2, -0.15) is 5.10 Å². The largest absolute Gasteiger partial charge is 0.481 e. The van der Waals surface area contributed by atoms with Crippen LogP contribution < -0.4 is 4.90 Å². The third-order valence-electron chi connectivity index (χ3n) is 2.05. The number of carboxylic acid groups (broad SMARTS) is 1. The van der Waals surface area contributed by atoms with E-state index in [2.05, 4.69) is 5.10 Å². The van der Waals surface area contributed by atoms with Gasteiger partial charge in [-0.05, 0) is 13.8 Å². The fourth-order valence-electron chi connectivity index (χ4n) is 1.39. The molecule has 0 saturated heterocycles. The smallest absolute Gasteiger partial charge is 0.309 e. The van der Waals surface area contributed by atoms with Gasteiger partial charge in [0.05, 0.1) is 12.1 Å². The zero-order chi connectivity index (χ0) is 11.6. The summed E-state index contributed by atoms with van der Waals surface area (Å²) < 4.78 is 1.83. The Bertz CT molecular complexity index is 330. The minimum absolute atomic E-state index is 0.0272. The Morgan fingerprint density at radius 2 is 2.20 bits per heavy atom. The molecule has 1 aromatic heterocycles. The zero-order valence-electron chi connectivity index (χ0n) is 9.56. The van der Waals surface area contributed by atoms with Crippen molar-refractivity contribution in [2.75, 3.05) is 19.0 Å². The van der Waals surface area contributed by atoms with Crippen LogP contribution in [0.25, 0.3) is 0 Å². The average molecular weight is 211 g/mol. The normalized spacial score (nSPS) is 10.7. The SMILES string of the molecule is CC(C)n1nc(CC(=O)O)cc1N(C)C. The lowest BCUT2D eigenvalue weighted by Crippen LogP contribution is -2.16. The van der Waals surface area contributed by atoms with Crippen LogP contribution in [0.4, 0.5) is 5.82 Å². The maximum Gasteiger partial charge on any atom is 0.309 e. The molecule has 0 aliphatic carbocycles. The standard InChI is InChI=1S/C10H17N3O2/c1-7(2)13-9(12(3)4)5-8(11-13)6-10(14)15/h5,7H,6H2,1-4H3,(H,14,15). The van der Waals surface area contributed by atoms with E-state index < -0.39 is 5.97 Å². The number of rotatable bonds is 4. The Kier molecular flexibility index (Phi) is 3.34. The van der Waals surface area contributed by atoms with E-state index in [4.69, 9.17) is 5.11 Å². The van der Waals surface area contributed by atoms with Crippen molar-refractivity contribution in [2.45, 2.75) is 26.3 Å². The average Bonchev–Trinajstić information content (AvgIpc) is 2.46. The molecule has 0 aliphatic heterocycles. The molecule has 15 heavy (non-hydrogen) atoms. The molecule has 0 aliphatic rings. The lowest BCUT2D eigenvalue weighted by Gasteiger charge is -2.16. The van der Waals surface area contributed by atoms with E-state index in [1.54, 1.807) is 0 Å². The van der Waals surface area contributed by atoms with Gasteiger partial charge in [0.2, 0.25) is 0 Å². The van der Waals surface area contributed by atoms with Crippen LogP contribution >= 0.6 is 0 Å². The number of anilines is 1. The summed E-state index contributed by atoms with van der Waals surface area (Å²) in [6, 6.07) is 2.04. The Labute approximate surface area is 89.3 Å². The van der Waals surface area contributed by atoms with E-state index in [0.717, 1.165) is 5.82 Å². The predicted octanol–water partition coefficient (Wildman–Crippen LogP) is 1.16. The summed E-state index contributed by atoms with van der Waals surface area (Å²) in [6.45, 7) is 4.04. The molecule has 0 atom stereocenters. The van der Waals surface area contributed by atoms with Crippen LogP contribution in [0.3, 0.4) is 0 Å². The molecule has 0 amide bonds. The van der Waals surface area contributed by atoms with Crippen LogP contribution in [0.1, 0.15) is 25.6 Å². The molecule has 5 nitrogen and oxygen atoms in total. The molecule has 0 aromatic carbocycles. The number of aromatic nitrogens is 2. The lowest BCUT2D eigenvalue weighted by molar-refractivity contribution is -0.136. The van der Waals surface area contributed by atoms with Gasteiger partial charge in [0.15, 0.2) is 0 Å². The number of aliphatic carboxylic acids is 1. The molecular formula is C10H17N3O2. The summed E-state index contributed by atoms with van der Waals surface area (Å²) in [6.07, 6.45) is -0.0272. The van der Waals surface area contributed by atoms with Gasteiger partial charge >= 0.3 is 5.97 Å². The van der Waals surface area contributed by atoms with Crippen molar-refractivity contribution in [3.05, 3.63) is 11.8 Å². The Hall–Kier alpha value is -1.52. The molecule has 0 bridgehead atoms. The highest BCUT2D eigenvalue weighted by molar-refractivity contribution is 5.70. The number of nitrogens with zero attached hydrogens (tertiary/aromatic N) is 3. The third kappa shape index (κ3) is 2.71. The van der Waals surface area contributed by atoms with Crippen molar-refractivity contribution in [1.29, 1.82) is 0 Å². The fourth-order valence-corrected chi connectivity index (χ4v) is 1.39. The number of carboxylic acids is 1. The van der Waals surface area contributed by atoms with Crippen molar-refractivity contribution < 1.29 is 9.90 Å². The summed E-state index contributed by atoms with van der Waals surface area (Å²) >= 11 is 0. The van der Waals surface area contributed by atoms with Crippen LogP contribution in [-0.4, -0.2) is 35.0 Å². The van der Waals surface area contributed by atoms with E-state index in [1.165, 1.54) is 0 Å². The van der Waals surface area contributed by atoms with Crippen molar-refractivity contribution in [3.8, 4) is 0 Å². The second kappa shape index (κ2) is 4.33. The summed E-state index contributed by atoms with van der Waals surface area (Å²) in [5.74, 6) is 0.0787. The Balaban J connectivity index is 3.03. The van der Waals surface area contributed by atoms with Gasteiger partial charge in [-0.1, -0.05) is 0 Å². The third-order valence-corrected chi connectivity index (χ3v) is 2.05. The summed E-state index contributed by atoms with van der Waals surface area (Å²) in [5, 5.41) is 12.9. The van der Waals surface area contributed by atoms with Crippen LogP contribution in [0, 0.1) is 0 Å². The van der Waals surface area contributed by atoms with E-state index in [9.17, 15) is 4.79 Å². The van der Waals surface area contributed by atoms with Crippen LogP contribution in [0.2, 0.25) is 0 Å². The Morgan fingerprint density at radius 3 is 2.53 bits per heavy atom. The molecule has 0 saturated carbocycles. The number of carbonyl (C=O) groups is 1. The molecule has 0 radical (unpaired) electrons. The first-order chi connectivity index (χ1) is 6.91. The van der Waals surface area contributed by atoms with Crippen LogP contribution in [0.15, 0.2) is 6.07 Å².